The zero-order valence-corrected chi connectivity index (χ0v) is 13.1. The second-order valence-electron chi connectivity index (χ2n) is 5.73. The van der Waals surface area contributed by atoms with Crippen molar-refractivity contribution in [2.45, 2.75) is 18.9 Å². The van der Waals surface area contributed by atoms with E-state index in [0.29, 0.717) is 13.0 Å². The van der Waals surface area contributed by atoms with Crippen LogP contribution in [0.2, 0.25) is 0 Å². The van der Waals surface area contributed by atoms with Crippen LogP contribution in [-0.2, 0) is 11.2 Å². The number of carbonyl (C=O) groups is 1. The average molecular weight is 326 g/mol. The van der Waals surface area contributed by atoms with Gasteiger partial charge in [0.05, 0.1) is 12.5 Å². The maximum atomic E-state index is 13.2. The Morgan fingerprint density at radius 3 is 2.79 bits per heavy atom. The number of hydrogen-bond acceptors (Lipinski definition) is 2. The van der Waals surface area contributed by atoms with Crippen LogP contribution < -0.4 is 5.32 Å². The van der Waals surface area contributed by atoms with Gasteiger partial charge in [-0.3, -0.25) is 4.79 Å². The highest BCUT2D eigenvalue weighted by molar-refractivity contribution is 5.83. The summed E-state index contributed by atoms with van der Waals surface area (Å²) in [5, 5.41) is 13.8. The average Bonchev–Trinajstić information content (AvgIpc) is 2.97. The molecule has 1 aromatic heterocycles. The molecule has 0 aliphatic heterocycles. The van der Waals surface area contributed by atoms with Gasteiger partial charge in [0, 0.05) is 23.6 Å². The largest absolute Gasteiger partial charge is 0.388 e. The Balaban J connectivity index is 1.51. The number of aliphatic hydroxyl groups excluding tert-OH is 1. The topological polar surface area (TPSA) is 65.1 Å². The zero-order chi connectivity index (χ0) is 16.9. The van der Waals surface area contributed by atoms with Gasteiger partial charge in [0.25, 0.3) is 0 Å². The summed E-state index contributed by atoms with van der Waals surface area (Å²) in [7, 11) is 0. The van der Waals surface area contributed by atoms with Crippen molar-refractivity contribution in [1.82, 2.24) is 10.3 Å². The maximum Gasteiger partial charge on any atom is 0.222 e. The number of aromatic amines is 1. The fraction of sp³-hybridized carbons (Fsp3) is 0.211. The van der Waals surface area contributed by atoms with Gasteiger partial charge >= 0.3 is 0 Å². The van der Waals surface area contributed by atoms with E-state index in [1.165, 1.54) is 12.1 Å². The summed E-state index contributed by atoms with van der Waals surface area (Å²) in [5.41, 5.74) is 2.50. The summed E-state index contributed by atoms with van der Waals surface area (Å²) in [6.07, 6.45) is 1.69. The normalized spacial score (nSPS) is 12.2. The molecule has 1 amide bonds. The van der Waals surface area contributed by atoms with Gasteiger partial charge in [0.2, 0.25) is 5.91 Å². The van der Waals surface area contributed by atoms with Crippen molar-refractivity contribution in [1.29, 1.82) is 0 Å². The molecule has 0 saturated carbocycles. The molecule has 0 aliphatic rings. The Bertz CT molecular complexity index is 830. The molecule has 124 valence electrons. The lowest BCUT2D eigenvalue weighted by molar-refractivity contribution is -0.123. The minimum absolute atomic E-state index is 0.0309. The predicted octanol–water partition coefficient (Wildman–Crippen LogP) is 3.09. The summed E-state index contributed by atoms with van der Waals surface area (Å²) in [4.78, 5) is 15.0. The van der Waals surface area contributed by atoms with Crippen molar-refractivity contribution in [3.05, 3.63) is 71.7 Å². The predicted molar refractivity (Wildman–Crippen MR) is 91.0 cm³/mol. The molecule has 3 N–H and O–H groups in total. The second-order valence-corrected chi connectivity index (χ2v) is 5.73. The molecule has 0 fully saturated rings. The van der Waals surface area contributed by atoms with E-state index in [1.54, 1.807) is 18.2 Å². The summed E-state index contributed by atoms with van der Waals surface area (Å²) in [5.74, 6) is -0.476. The number of rotatable bonds is 6. The molecule has 3 rings (SSSR count). The molecule has 0 radical (unpaired) electrons. The number of halogens is 1. The molecule has 1 heterocycles. The molecule has 5 heteroatoms. The number of H-pyrrole nitrogens is 1. The number of fused-ring (bicyclic) bond motifs is 1. The lowest BCUT2D eigenvalue weighted by atomic mass is 10.1. The zero-order valence-electron chi connectivity index (χ0n) is 13.1. The molecular formula is C19H19FN2O2. The Labute approximate surface area is 139 Å². The van der Waals surface area contributed by atoms with Crippen LogP contribution in [0.15, 0.2) is 54.7 Å². The SMILES string of the molecule is O=C(CC(O)c1ccccc1)NCCc1c[nH]c2cc(F)ccc12. The highest BCUT2D eigenvalue weighted by atomic mass is 19.1. The van der Waals surface area contributed by atoms with Gasteiger partial charge < -0.3 is 15.4 Å². The van der Waals surface area contributed by atoms with Crippen molar-refractivity contribution < 1.29 is 14.3 Å². The molecule has 2 aromatic carbocycles. The molecule has 4 nitrogen and oxygen atoms in total. The van der Waals surface area contributed by atoms with E-state index in [-0.39, 0.29) is 18.1 Å². The minimum atomic E-state index is -0.803. The van der Waals surface area contributed by atoms with Crippen LogP contribution in [0, 0.1) is 5.82 Å². The Morgan fingerprint density at radius 2 is 2.00 bits per heavy atom. The standard InChI is InChI=1S/C19H19FN2O2/c20-15-6-7-16-14(12-22-17(16)10-15)8-9-21-19(24)11-18(23)13-4-2-1-3-5-13/h1-7,10,12,18,22-23H,8-9,11H2,(H,21,24). The first kappa shape index (κ1) is 16.2. The molecule has 0 saturated heterocycles. The van der Waals surface area contributed by atoms with E-state index in [0.717, 1.165) is 22.0 Å². The van der Waals surface area contributed by atoms with Crippen molar-refractivity contribution in [2.24, 2.45) is 0 Å². The van der Waals surface area contributed by atoms with Gasteiger partial charge in [0.1, 0.15) is 5.82 Å². The monoisotopic (exact) mass is 326 g/mol. The highest BCUT2D eigenvalue weighted by Gasteiger charge is 2.12. The molecule has 0 spiro atoms. The third kappa shape index (κ3) is 3.81. The molecule has 1 unspecified atom stereocenters. The van der Waals surface area contributed by atoms with Crippen molar-refractivity contribution in [3.63, 3.8) is 0 Å². The molecule has 3 aromatic rings. The van der Waals surface area contributed by atoms with E-state index in [9.17, 15) is 14.3 Å². The molecule has 24 heavy (non-hydrogen) atoms. The summed E-state index contributed by atoms with van der Waals surface area (Å²) < 4.78 is 13.2. The fourth-order valence-electron chi connectivity index (χ4n) is 2.74. The van der Waals surface area contributed by atoms with Gasteiger partial charge in [-0.15, -0.1) is 0 Å². The maximum absolute atomic E-state index is 13.2. The first-order valence-electron chi connectivity index (χ1n) is 7.88. The number of aromatic nitrogens is 1. The summed E-state index contributed by atoms with van der Waals surface area (Å²) in [6, 6.07) is 13.7. The second kappa shape index (κ2) is 7.27. The van der Waals surface area contributed by atoms with Crippen LogP contribution in [0.4, 0.5) is 4.39 Å². The molecule has 0 aliphatic carbocycles. The first-order valence-corrected chi connectivity index (χ1v) is 7.88. The van der Waals surface area contributed by atoms with Crippen LogP contribution in [-0.4, -0.2) is 22.5 Å². The Kier molecular flexibility index (Phi) is 4.91. The van der Waals surface area contributed by atoms with Gasteiger partial charge in [-0.2, -0.15) is 0 Å². The lowest BCUT2D eigenvalue weighted by Crippen LogP contribution is -2.27. The van der Waals surface area contributed by atoms with Crippen molar-refractivity contribution in [3.8, 4) is 0 Å². The van der Waals surface area contributed by atoms with Crippen LogP contribution in [0.1, 0.15) is 23.7 Å². The van der Waals surface area contributed by atoms with Crippen LogP contribution in [0.3, 0.4) is 0 Å². The molecule has 1 atom stereocenters. The number of benzene rings is 2. The minimum Gasteiger partial charge on any atom is -0.388 e. The lowest BCUT2D eigenvalue weighted by Gasteiger charge is -2.11. The number of amides is 1. The number of nitrogens with one attached hydrogen (secondary N) is 2. The van der Waals surface area contributed by atoms with E-state index >= 15 is 0 Å². The quantitative estimate of drug-likeness (QED) is 0.652. The van der Waals surface area contributed by atoms with E-state index in [4.69, 9.17) is 0 Å². The van der Waals surface area contributed by atoms with Gasteiger partial charge in [-0.1, -0.05) is 30.3 Å². The number of hydrogen-bond donors (Lipinski definition) is 3. The number of carbonyl (C=O) groups excluding carboxylic acids is 1. The van der Waals surface area contributed by atoms with Crippen LogP contribution in [0.5, 0.6) is 0 Å². The Hall–Kier alpha value is -2.66. The van der Waals surface area contributed by atoms with Crippen LogP contribution in [0.25, 0.3) is 10.9 Å². The molecule has 0 bridgehead atoms. The van der Waals surface area contributed by atoms with Crippen molar-refractivity contribution >= 4 is 16.8 Å². The van der Waals surface area contributed by atoms with E-state index in [2.05, 4.69) is 10.3 Å². The van der Waals surface area contributed by atoms with E-state index < -0.39 is 6.10 Å². The van der Waals surface area contributed by atoms with Gasteiger partial charge in [-0.25, -0.2) is 4.39 Å². The Morgan fingerprint density at radius 1 is 1.21 bits per heavy atom. The highest BCUT2D eigenvalue weighted by Crippen LogP contribution is 2.19. The number of aliphatic hydroxyl groups is 1. The fourth-order valence-corrected chi connectivity index (χ4v) is 2.74. The smallest absolute Gasteiger partial charge is 0.222 e. The first-order chi connectivity index (χ1) is 11.6. The van der Waals surface area contributed by atoms with Gasteiger partial charge in [0.15, 0.2) is 0 Å². The summed E-state index contributed by atoms with van der Waals surface area (Å²) in [6.45, 7) is 0.463. The van der Waals surface area contributed by atoms with E-state index in [1.807, 2.05) is 24.4 Å². The third-order valence-corrected chi connectivity index (χ3v) is 4.01. The van der Waals surface area contributed by atoms with Crippen LogP contribution >= 0.6 is 0 Å². The summed E-state index contributed by atoms with van der Waals surface area (Å²) >= 11 is 0. The van der Waals surface area contributed by atoms with Crippen molar-refractivity contribution in [2.75, 3.05) is 6.54 Å². The molecular weight excluding hydrogens is 307 g/mol. The van der Waals surface area contributed by atoms with Gasteiger partial charge in [-0.05, 0) is 35.7 Å². The third-order valence-electron chi connectivity index (χ3n) is 4.01.